The number of aryl methyl sites for hydroxylation is 1. The molecule has 0 amide bonds. The number of halogens is 1. The molecule has 25 heavy (non-hydrogen) atoms. The number of rotatable bonds is 3. The highest BCUT2D eigenvalue weighted by molar-refractivity contribution is 6.30. The fourth-order valence-corrected chi connectivity index (χ4v) is 3.62. The van der Waals surface area contributed by atoms with Crippen LogP contribution < -0.4 is 4.90 Å². The number of fused-ring (bicyclic) bond motifs is 1. The molecule has 130 valence electrons. The lowest BCUT2D eigenvalue weighted by Crippen LogP contribution is -2.46. The number of hydrogen-bond donors (Lipinski definition) is 0. The fourth-order valence-electron chi connectivity index (χ4n) is 3.39. The second-order valence-corrected chi connectivity index (χ2v) is 6.78. The van der Waals surface area contributed by atoms with Crippen LogP contribution in [0.4, 0.5) is 5.82 Å². The molecule has 3 aromatic rings. The number of likely N-dealkylation sites (N-methyl/N-ethyl adjacent to an activating group) is 1. The van der Waals surface area contributed by atoms with Gasteiger partial charge in [-0.05, 0) is 37.2 Å². The van der Waals surface area contributed by atoms with Gasteiger partial charge in [-0.2, -0.15) is 5.10 Å². The first-order chi connectivity index (χ1) is 12.2. The van der Waals surface area contributed by atoms with Crippen molar-refractivity contribution in [3.8, 4) is 5.69 Å². The molecule has 1 saturated heterocycles. The third-order valence-corrected chi connectivity index (χ3v) is 5.09. The van der Waals surface area contributed by atoms with Crippen LogP contribution in [0.15, 0.2) is 30.7 Å². The van der Waals surface area contributed by atoms with Crippen LogP contribution >= 0.6 is 11.6 Å². The monoisotopic (exact) mass is 356 g/mol. The van der Waals surface area contributed by atoms with Crippen molar-refractivity contribution >= 4 is 28.5 Å². The molecule has 0 saturated carbocycles. The van der Waals surface area contributed by atoms with Crippen molar-refractivity contribution in [3.63, 3.8) is 0 Å². The molecule has 1 aromatic carbocycles. The zero-order chi connectivity index (χ0) is 17.4. The largest absolute Gasteiger partial charge is 0.353 e. The molecule has 1 aliphatic rings. The number of aromatic nitrogens is 4. The molecule has 1 fully saturated rings. The van der Waals surface area contributed by atoms with E-state index in [9.17, 15) is 0 Å². The minimum absolute atomic E-state index is 0.724. The van der Waals surface area contributed by atoms with E-state index in [0.717, 1.165) is 65.8 Å². The summed E-state index contributed by atoms with van der Waals surface area (Å²) in [5.41, 5.74) is 2.88. The lowest BCUT2D eigenvalue weighted by molar-refractivity contribution is 0.271. The molecule has 0 aliphatic carbocycles. The summed E-state index contributed by atoms with van der Waals surface area (Å²) in [5.74, 6) is 0.971. The van der Waals surface area contributed by atoms with E-state index in [1.54, 1.807) is 6.33 Å². The van der Waals surface area contributed by atoms with Crippen molar-refractivity contribution in [2.45, 2.75) is 13.8 Å². The third kappa shape index (κ3) is 2.96. The standard InChI is InChI=1S/C18H21ClN6/c1-3-23-6-8-24(9-7-23)17-15-11-22-25(18(15)21-12-20-17)16-5-4-14(19)10-13(16)2/h4-5,10-12H,3,6-9H2,1-2H3. The predicted octanol–water partition coefficient (Wildman–Crippen LogP) is 2.92. The van der Waals surface area contributed by atoms with E-state index >= 15 is 0 Å². The summed E-state index contributed by atoms with van der Waals surface area (Å²) in [6.45, 7) is 9.41. The average molecular weight is 357 g/mol. The highest BCUT2D eigenvalue weighted by atomic mass is 35.5. The van der Waals surface area contributed by atoms with Crippen molar-refractivity contribution in [1.29, 1.82) is 0 Å². The molecule has 3 heterocycles. The van der Waals surface area contributed by atoms with Gasteiger partial charge in [0.1, 0.15) is 12.1 Å². The molecule has 0 atom stereocenters. The molecule has 2 aromatic heterocycles. The van der Waals surface area contributed by atoms with E-state index in [2.05, 4.69) is 31.8 Å². The Morgan fingerprint density at radius 2 is 1.92 bits per heavy atom. The Balaban J connectivity index is 1.74. The van der Waals surface area contributed by atoms with Crippen LogP contribution in [-0.2, 0) is 0 Å². The van der Waals surface area contributed by atoms with Gasteiger partial charge >= 0.3 is 0 Å². The molecular formula is C18H21ClN6. The summed E-state index contributed by atoms with van der Waals surface area (Å²) >= 11 is 6.08. The van der Waals surface area contributed by atoms with Crippen molar-refractivity contribution < 1.29 is 0 Å². The van der Waals surface area contributed by atoms with Crippen molar-refractivity contribution in [2.24, 2.45) is 0 Å². The fraction of sp³-hybridized carbons (Fsp3) is 0.389. The first-order valence-electron chi connectivity index (χ1n) is 8.60. The molecule has 0 radical (unpaired) electrons. The lowest BCUT2D eigenvalue weighted by Gasteiger charge is -2.34. The molecule has 0 spiro atoms. The Morgan fingerprint density at radius 1 is 1.12 bits per heavy atom. The van der Waals surface area contributed by atoms with Gasteiger partial charge in [0, 0.05) is 31.2 Å². The van der Waals surface area contributed by atoms with E-state index in [1.807, 2.05) is 36.0 Å². The predicted molar refractivity (Wildman–Crippen MR) is 101 cm³/mol. The number of nitrogens with zero attached hydrogens (tertiary/aromatic N) is 6. The summed E-state index contributed by atoms with van der Waals surface area (Å²) < 4.78 is 1.87. The van der Waals surface area contributed by atoms with E-state index in [0.29, 0.717) is 0 Å². The van der Waals surface area contributed by atoms with Gasteiger partial charge in [-0.1, -0.05) is 18.5 Å². The Morgan fingerprint density at radius 3 is 2.64 bits per heavy atom. The van der Waals surface area contributed by atoms with Crippen LogP contribution in [0.2, 0.25) is 5.02 Å². The minimum atomic E-state index is 0.724. The number of anilines is 1. The number of piperazine rings is 1. The maximum Gasteiger partial charge on any atom is 0.168 e. The Hall–Kier alpha value is -2.18. The van der Waals surface area contributed by atoms with Crippen LogP contribution in [0.25, 0.3) is 16.7 Å². The summed E-state index contributed by atoms with van der Waals surface area (Å²) in [6, 6.07) is 5.80. The van der Waals surface area contributed by atoms with Crippen LogP contribution in [0.1, 0.15) is 12.5 Å². The summed E-state index contributed by atoms with van der Waals surface area (Å²) in [5, 5.41) is 6.29. The first-order valence-corrected chi connectivity index (χ1v) is 8.97. The average Bonchev–Trinajstić information content (AvgIpc) is 3.06. The molecule has 4 rings (SSSR count). The molecule has 1 aliphatic heterocycles. The van der Waals surface area contributed by atoms with Gasteiger partial charge in [-0.3, -0.25) is 0 Å². The van der Waals surface area contributed by atoms with Crippen LogP contribution in [0.5, 0.6) is 0 Å². The first kappa shape index (κ1) is 16.3. The van der Waals surface area contributed by atoms with Gasteiger partial charge in [0.25, 0.3) is 0 Å². The number of benzene rings is 1. The van der Waals surface area contributed by atoms with Gasteiger partial charge in [0.15, 0.2) is 5.65 Å². The Labute approximate surface area is 152 Å². The summed E-state index contributed by atoms with van der Waals surface area (Å²) in [6.07, 6.45) is 3.50. The van der Waals surface area contributed by atoms with E-state index in [-0.39, 0.29) is 0 Å². The van der Waals surface area contributed by atoms with E-state index in [1.165, 1.54) is 0 Å². The zero-order valence-corrected chi connectivity index (χ0v) is 15.2. The topological polar surface area (TPSA) is 50.1 Å². The van der Waals surface area contributed by atoms with Crippen LogP contribution in [0, 0.1) is 6.92 Å². The molecular weight excluding hydrogens is 336 g/mol. The lowest BCUT2D eigenvalue weighted by atomic mass is 10.2. The summed E-state index contributed by atoms with van der Waals surface area (Å²) in [4.78, 5) is 13.8. The van der Waals surface area contributed by atoms with Crippen molar-refractivity contribution in [2.75, 3.05) is 37.6 Å². The molecule has 6 nitrogen and oxygen atoms in total. The zero-order valence-electron chi connectivity index (χ0n) is 14.5. The Bertz CT molecular complexity index is 898. The van der Waals surface area contributed by atoms with Gasteiger partial charge in [-0.15, -0.1) is 0 Å². The molecule has 0 N–H and O–H groups in total. The van der Waals surface area contributed by atoms with Gasteiger partial charge in [0.2, 0.25) is 0 Å². The number of hydrogen-bond acceptors (Lipinski definition) is 5. The highest BCUT2D eigenvalue weighted by Gasteiger charge is 2.21. The van der Waals surface area contributed by atoms with E-state index < -0.39 is 0 Å². The third-order valence-electron chi connectivity index (χ3n) is 4.85. The molecule has 0 bridgehead atoms. The molecule has 7 heteroatoms. The minimum Gasteiger partial charge on any atom is -0.353 e. The van der Waals surface area contributed by atoms with Gasteiger partial charge in [0.05, 0.1) is 17.3 Å². The SMILES string of the molecule is CCN1CCN(c2ncnc3c2cnn3-c2ccc(Cl)cc2C)CC1. The Kier molecular flexibility index (Phi) is 4.31. The maximum atomic E-state index is 6.08. The van der Waals surface area contributed by atoms with Crippen LogP contribution in [-0.4, -0.2) is 57.4 Å². The highest BCUT2D eigenvalue weighted by Crippen LogP contribution is 2.27. The summed E-state index contributed by atoms with van der Waals surface area (Å²) in [7, 11) is 0. The smallest absolute Gasteiger partial charge is 0.168 e. The maximum absolute atomic E-state index is 6.08. The second-order valence-electron chi connectivity index (χ2n) is 6.34. The van der Waals surface area contributed by atoms with Crippen LogP contribution in [0.3, 0.4) is 0 Å². The van der Waals surface area contributed by atoms with Crippen molar-refractivity contribution in [3.05, 3.63) is 41.3 Å². The van der Waals surface area contributed by atoms with E-state index in [4.69, 9.17) is 11.6 Å². The second kappa shape index (κ2) is 6.61. The molecule has 0 unspecified atom stereocenters. The normalized spacial score (nSPS) is 15.9. The van der Waals surface area contributed by atoms with Gasteiger partial charge in [-0.25, -0.2) is 14.6 Å². The van der Waals surface area contributed by atoms with Crippen molar-refractivity contribution in [1.82, 2.24) is 24.6 Å². The quantitative estimate of drug-likeness (QED) is 0.722. The van der Waals surface area contributed by atoms with Gasteiger partial charge < -0.3 is 9.80 Å².